The summed E-state index contributed by atoms with van der Waals surface area (Å²) in [6.45, 7) is 0.685. The molecule has 0 radical (unpaired) electrons. The molecule has 6 nitrogen and oxygen atoms in total. The van der Waals surface area contributed by atoms with Crippen molar-refractivity contribution in [3.05, 3.63) is 35.9 Å². The highest BCUT2D eigenvalue weighted by molar-refractivity contribution is 5.79. The van der Waals surface area contributed by atoms with Gasteiger partial charge in [0.2, 0.25) is 5.91 Å². The molecule has 130 valence electrons. The Morgan fingerprint density at radius 2 is 1.96 bits per heavy atom. The summed E-state index contributed by atoms with van der Waals surface area (Å²) in [5.41, 5.74) is 0.482. The average molecular weight is 339 g/mol. The molecule has 1 fully saturated rings. The van der Waals surface area contributed by atoms with Crippen LogP contribution in [0.1, 0.15) is 37.2 Å². The summed E-state index contributed by atoms with van der Waals surface area (Å²) in [5.74, 6) is 0.924. The number of hydrogen-bond acceptors (Lipinski definition) is 4. The van der Waals surface area contributed by atoms with Crippen molar-refractivity contribution >= 4 is 11.9 Å². The molecule has 1 amide bonds. The van der Waals surface area contributed by atoms with Gasteiger partial charge in [0.1, 0.15) is 0 Å². The van der Waals surface area contributed by atoms with E-state index < -0.39 is 17.6 Å². The number of rotatable bonds is 7. The second-order valence-electron chi connectivity index (χ2n) is 6.65. The molecule has 25 heavy (non-hydrogen) atoms. The molecule has 0 aliphatic carbocycles. The fraction of sp³-hybridized carbons (Fsp3) is 0.474. The maximum atomic E-state index is 12.5. The molecule has 2 heterocycles. The van der Waals surface area contributed by atoms with Crippen molar-refractivity contribution in [2.75, 3.05) is 13.1 Å². The van der Waals surface area contributed by atoms with Gasteiger partial charge in [0.05, 0.1) is 5.92 Å². The van der Waals surface area contributed by atoms with Crippen molar-refractivity contribution in [3.63, 3.8) is 0 Å². The lowest BCUT2D eigenvalue weighted by molar-refractivity contribution is -0.141. The van der Waals surface area contributed by atoms with Gasteiger partial charge in [-0.25, -0.2) is 0 Å². The number of carbonyl (C=O) groups is 2. The van der Waals surface area contributed by atoms with E-state index in [4.69, 9.17) is 6.42 Å². The lowest BCUT2D eigenvalue weighted by atomic mass is 9.89. The lowest BCUT2D eigenvalue weighted by Gasteiger charge is -2.17. The molecule has 1 N–H and O–H groups in total. The zero-order valence-electron chi connectivity index (χ0n) is 14.0. The van der Waals surface area contributed by atoms with Crippen LogP contribution in [0, 0.1) is 18.3 Å². The van der Waals surface area contributed by atoms with E-state index in [1.54, 1.807) is 4.90 Å². The first-order valence-electron chi connectivity index (χ1n) is 8.48. The van der Waals surface area contributed by atoms with Gasteiger partial charge >= 0.3 is 5.97 Å². The smallest absolute Gasteiger partial charge is 0.308 e. The van der Waals surface area contributed by atoms with Crippen LogP contribution in [0.2, 0.25) is 0 Å². The number of likely N-dealkylation sites (tertiary alicyclic amines) is 1. The van der Waals surface area contributed by atoms with Gasteiger partial charge in [-0.05, 0) is 5.56 Å². The molecule has 3 rings (SSSR count). The zero-order valence-corrected chi connectivity index (χ0v) is 14.0. The minimum Gasteiger partial charge on any atom is -0.481 e. The lowest BCUT2D eigenvalue weighted by Crippen LogP contribution is -2.30. The summed E-state index contributed by atoms with van der Waals surface area (Å²) < 4.78 is 0. The second-order valence-corrected chi connectivity index (χ2v) is 6.65. The Morgan fingerprint density at radius 1 is 1.24 bits per heavy atom. The van der Waals surface area contributed by atoms with E-state index in [-0.39, 0.29) is 18.4 Å². The van der Waals surface area contributed by atoms with Crippen molar-refractivity contribution in [1.82, 2.24) is 4.90 Å². The molecular formula is C19H21N3O3. The van der Waals surface area contributed by atoms with Gasteiger partial charge < -0.3 is 10.0 Å². The quantitative estimate of drug-likeness (QED) is 0.775. The van der Waals surface area contributed by atoms with Crippen LogP contribution in [0.15, 0.2) is 40.6 Å². The molecule has 1 saturated heterocycles. The number of hydrogen-bond donors (Lipinski definition) is 1. The van der Waals surface area contributed by atoms with Gasteiger partial charge in [0, 0.05) is 44.7 Å². The molecule has 0 unspecified atom stereocenters. The molecule has 0 saturated carbocycles. The monoisotopic (exact) mass is 339 g/mol. The summed E-state index contributed by atoms with van der Waals surface area (Å²) in [4.78, 5) is 25.8. The van der Waals surface area contributed by atoms with Crippen molar-refractivity contribution < 1.29 is 14.7 Å². The van der Waals surface area contributed by atoms with E-state index in [0.717, 1.165) is 5.56 Å². The standard InChI is InChI=1S/C19H21N3O3/c1-2-3-10-19(20-21-19)11-9-17(23)22-12-15(16(13-22)18(24)25)14-7-5-4-6-8-14/h1,4-8,15-16H,3,9-13H2,(H,24,25)/t15-,16+/m0/s1. The highest BCUT2D eigenvalue weighted by Crippen LogP contribution is 2.38. The number of amides is 1. The SMILES string of the molecule is C#CCCC1(CCC(=O)N2C[C@@H](C(=O)O)[C@H](c3ccccc3)C2)N=N1. The van der Waals surface area contributed by atoms with Gasteiger partial charge in [-0.3, -0.25) is 9.59 Å². The minimum atomic E-state index is -0.859. The summed E-state index contributed by atoms with van der Waals surface area (Å²) in [6.07, 6.45) is 7.37. The number of aliphatic carboxylic acids is 1. The Kier molecular flexibility index (Phi) is 4.84. The fourth-order valence-corrected chi connectivity index (χ4v) is 3.43. The molecule has 2 aliphatic heterocycles. The van der Waals surface area contributed by atoms with E-state index in [1.807, 2.05) is 30.3 Å². The van der Waals surface area contributed by atoms with Gasteiger partial charge in [-0.2, -0.15) is 10.2 Å². The summed E-state index contributed by atoms with van der Waals surface area (Å²) >= 11 is 0. The van der Waals surface area contributed by atoms with Crippen molar-refractivity contribution in [3.8, 4) is 12.3 Å². The molecule has 1 aromatic carbocycles. The normalized spacial score (nSPS) is 23.2. The molecule has 2 aliphatic rings. The Balaban J connectivity index is 1.60. The van der Waals surface area contributed by atoms with Crippen LogP contribution in [0.4, 0.5) is 0 Å². The van der Waals surface area contributed by atoms with Crippen LogP contribution in [0.5, 0.6) is 0 Å². The van der Waals surface area contributed by atoms with E-state index in [0.29, 0.717) is 32.2 Å². The fourth-order valence-electron chi connectivity index (χ4n) is 3.43. The van der Waals surface area contributed by atoms with E-state index in [9.17, 15) is 14.7 Å². The van der Waals surface area contributed by atoms with Crippen molar-refractivity contribution in [2.24, 2.45) is 16.1 Å². The summed E-state index contributed by atoms with van der Waals surface area (Å²) in [5, 5.41) is 17.6. The van der Waals surface area contributed by atoms with Crippen molar-refractivity contribution in [2.45, 2.75) is 37.3 Å². The third-order valence-electron chi connectivity index (χ3n) is 5.01. The summed E-state index contributed by atoms with van der Waals surface area (Å²) in [6, 6.07) is 9.53. The predicted octanol–water partition coefficient (Wildman–Crippen LogP) is 2.67. The highest BCUT2D eigenvalue weighted by atomic mass is 16.4. The van der Waals surface area contributed by atoms with Gasteiger partial charge in [-0.1, -0.05) is 30.3 Å². The zero-order chi connectivity index (χ0) is 17.9. The van der Waals surface area contributed by atoms with E-state index >= 15 is 0 Å². The maximum Gasteiger partial charge on any atom is 0.308 e. The predicted molar refractivity (Wildman–Crippen MR) is 91.8 cm³/mol. The number of nitrogens with zero attached hydrogens (tertiary/aromatic N) is 3. The van der Waals surface area contributed by atoms with Gasteiger partial charge in [-0.15, -0.1) is 12.3 Å². The van der Waals surface area contributed by atoms with Gasteiger partial charge in [0.25, 0.3) is 0 Å². The number of terminal acetylenes is 1. The number of carboxylic acid groups (broad SMARTS) is 1. The first kappa shape index (κ1) is 17.2. The third-order valence-corrected chi connectivity index (χ3v) is 5.01. The minimum absolute atomic E-state index is 0.0398. The molecule has 6 heteroatoms. The van der Waals surface area contributed by atoms with E-state index in [1.165, 1.54) is 0 Å². The number of carboxylic acids is 1. The Labute approximate surface area is 146 Å². The van der Waals surface area contributed by atoms with Crippen LogP contribution >= 0.6 is 0 Å². The maximum absolute atomic E-state index is 12.5. The Bertz CT molecular complexity index is 717. The molecule has 0 aromatic heterocycles. The second kappa shape index (κ2) is 7.06. The Morgan fingerprint density at radius 3 is 2.56 bits per heavy atom. The molecule has 2 atom stereocenters. The largest absolute Gasteiger partial charge is 0.481 e. The van der Waals surface area contributed by atoms with Crippen LogP contribution in [0.3, 0.4) is 0 Å². The Hall–Kier alpha value is -2.68. The van der Waals surface area contributed by atoms with E-state index in [2.05, 4.69) is 16.1 Å². The topological polar surface area (TPSA) is 82.3 Å². The number of carbonyl (C=O) groups excluding carboxylic acids is 1. The van der Waals surface area contributed by atoms with Gasteiger partial charge in [0.15, 0.2) is 5.66 Å². The third kappa shape index (κ3) is 3.87. The van der Waals surface area contributed by atoms with Crippen molar-refractivity contribution in [1.29, 1.82) is 0 Å². The molecule has 0 spiro atoms. The first-order valence-corrected chi connectivity index (χ1v) is 8.48. The first-order chi connectivity index (χ1) is 12.0. The molecular weight excluding hydrogens is 318 g/mol. The van der Waals surface area contributed by atoms with Crippen LogP contribution in [-0.2, 0) is 9.59 Å². The highest BCUT2D eigenvalue weighted by Gasteiger charge is 2.43. The van der Waals surface area contributed by atoms with Crippen LogP contribution < -0.4 is 0 Å². The molecule has 1 aromatic rings. The molecule has 0 bridgehead atoms. The summed E-state index contributed by atoms with van der Waals surface area (Å²) in [7, 11) is 0. The average Bonchev–Trinajstić information content (AvgIpc) is 3.25. The van der Waals surface area contributed by atoms with Crippen LogP contribution in [0.25, 0.3) is 0 Å². The number of benzene rings is 1. The van der Waals surface area contributed by atoms with Crippen LogP contribution in [-0.4, -0.2) is 40.6 Å².